The van der Waals surface area contributed by atoms with E-state index in [0.717, 1.165) is 17.7 Å². The normalized spacial score (nSPS) is 12.5. The Hall–Kier alpha value is -4.60. The van der Waals surface area contributed by atoms with Crippen LogP contribution in [0.1, 0.15) is 48.7 Å². The molecule has 3 N–H and O–H groups in total. The minimum Gasteiger partial charge on any atom is -0.480 e. The minimum atomic E-state index is -1.19. The van der Waals surface area contributed by atoms with E-state index in [0.29, 0.717) is 17.3 Å². The van der Waals surface area contributed by atoms with Gasteiger partial charge in [-0.05, 0) is 56.2 Å². The van der Waals surface area contributed by atoms with Crippen LogP contribution < -0.4 is 5.73 Å². The zero-order chi connectivity index (χ0) is 29.4. The first-order chi connectivity index (χ1) is 18.8. The molecule has 0 radical (unpaired) electrons. The van der Waals surface area contributed by atoms with Crippen molar-refractivity contribution in [1.29, 1.82) is 0 Å². The molecule has 0 saturated heterocycles. The molecule has 0 aromatic heterocycles. The average Bonchev–Trinajstić information content (AvgIpc) is 2.86. The number of hydrogen-bond donors (Lipinski definition) is 2. The number of halogens is 2. The van der Waals surface area contributed by atoms with Crippen molar-refractivity contribution >= 4 is 29.4 Å². The Morgan fingerprint density at radius 3 is 2.20 bits per heavy atom. The fraction of sp³-hybridized carbons (Fsp3) is 0.267. The lowest BCUT2D eigenvalue weighted by atomic mass is 10.0. The van der Waals surface area contributed by atoms with Gasteiger partial charge in [0.25, 0.3) is 0 Å². The van der Waals surface area contributed by atoms with Crippen molar-refractivity contribution in [2.24, 2.45) is 10.7 Å². The molecule has 0 fully saturated rings. The van der Waals surface area contributed by atoms with Crippen molar-refractivity contribution in [2.45, 2.75) is 51.8 Å². The number of aliphatic imine (C=N–C) groups is 1. The first-order valence-corrected chi connectivity index (χ1v) is 12.5. The molecular formula is C30H31F2N3O5. The van der Waals surface area contributed by atoms with Crippen molar-refractivity contribution in [3.05, 3.63) is 101 Å². The van der Waals surface area contributed by atoms with Crippen LogP contribution in [0.3, 0.4) is 0 Å². The van der Waals surface area contributed by atoms with Gasteiger partial charge < -0.3 is 15.6 Å². The van der Waals surface area contributed by atoms with Crippen molar-refractivity contribution < 1.29 is 33.0 Å². The molecule has 0 aliphatic carbocycles. The van der Waals surface area contributed by atoms with Gasteiger partial charge in [-0.25, -0.2) is 23.4 Å². The quantitative estimate of drug-likeness (QED) is 0.191. The molecule has 0 saturated carbocycles. The van der Waals surface area contributed by atoms with Crippen LogP contribution in [0.4, 0.5) is 19.3 Å². The van der Waals surface area contributed by atoms with E-state index in [2.05, 4.69) is 4.99 Å². The van der Waals surface area contributed by atoms with Crippen LogP contribution in [0.2, 0.25) is 0 Å². The highest BCUT2D eigenvalue weighted by Crippen LogP contribution is 2.21. The lowest BCUT2D eigenvalue weighted by molar-refractivity contribution is -0.143. The molecule has 10 heteroatoms. The van der Waals surface area contributed by atoms with Crippen LogP contribution in [0.5, 0.6) is 0 Å². The number of nitrogens with two attached hydrogens (primary N) is 1. The van der Waals surface area contributed by atoms with E-state index in [1.54, 1.807) is 69.3 Å². The fourth-order valence-electron chi connectivity index (χ4n) is 3.84. The van der Waals surface area contributed by atoms with Crippen molar-refractivity contribution in [1.82, 2.24) is 4.90 Å². The number of aliphatic carboxylic acids is 1. The predicted molar refractivity (Wildman–Crippen MR) is 146 cm³/mol. The van der Waals surface area contributed by atoms with Crippen LogP contribution in [0, 0.1) is 11.6 Å². The highest BCUT2D eigenvalue weighted by Gasteiger charge is 2.33. The number of ether oxygens (including phenoxy) is 1. The molecule has 1 atom stereocenters. The molecule has 0 aliphatic rings. The SMILES string of the molecule is CC(C)(C)OC(=O)N(Cc1ccc(N=C(N)CC(=O)c2ccc(F)cc2F)cc1)[C@@H](Cc1ccccc1)C(=O)O. The van der Waals surface area contributed by atoms with Gasteiger partial charge in [-0.1, -0.05) is 42.5 Å². The molecule has 0 heterocycles. The minimum absolute atomic E-state index is 0.0550. The van der Waals surface area contributed by atoms with Gasteiger partial charge in [-0.3, -0.25) is 9.69 Å². The summed E-state index contributed by atoms with van der Waals surface area (Å²) in [5, 5.41) is 10.0. The number of hydrogen-bond acceptors (Lipinski definition) is 5. The Kier molecular flexibility index (Phi) is 9.71. The molecule has 8 nitrogen and oxygen atoms in total. The number of ketones is 1. The number of amidine groups is 1. The van der Waals surface area contributed by atoms with Gasteiger partial charge in [0.1, 0.15) is 29.1 Å². The van der Waals surface area contributed by atoms with E-state index in [9.17, 15) is 28.3 Å². The maximum atomic E-state index is 13.9. The number of nitrogens with zero attached hydrogens (tertiary/aromatic N) is 2. The number of carboxylic acids is 1. The summed E-state index contributed by atoms with van der Waals surface area (Å²) in [7, 11) is 0. The second-order valence-electron chi connectivity index (χ2n) is 10.1. The van der Waals surface area contributed by atoms with Crippen LogP contribution in [0.15, 0.2) is 77.8 Å². The summed E-state index contributed by atoms with van der Waals surface area (Å²) >= 11 is 0. The number of carbonyl (C=O) groups excluding carboxylic acids is 2. The topological polar surface area (TPSA) is 122 Å². The number of amides is 1. The van der Waals surface area contributed by atoms with E-state index < -0.39 is 41.1 Å². The molecule has 0 unspecified atom stereocenters. The maximum Gasteiger partial charge on any atom is 0.411 e. The molecule has 1 amide bonds. The van der Waals surface area contributed by atoms with Crippen LogP contribution in [-0.2, 0) is 22.5 Å². The average molecular weight is 552 g/mol. The van der Waals surface area contributed by atoms with Crippen LogP contribution in [0.25, 0.3) is 0 Å². The summed E-state index contributed by atoms with van der Waals surface area (Å²) in [6.45, 7) is 5.04. The number of carbonyl (C=O) groups is 3. The Labute approximate surface area is 231 Å². The Bertz CT molecular complexity index is 1390. The van der Waals surface area contributed by atoms with Gasteiger partial charge in [-0.15, -0.1) is 0 Å². The van der Waals surface area contributed by atoms with Crippen molar-refractivity contribution in [3.63, 3.8) is 0 Å². The van der Waals surface area contributed by atoms with Gasteiger partial charge in [0.2, 0.25) is 0 Å². The lowest BCUT2D eigenvalue weighted by Gasteiger charge is -2.31. The maximum absolute atomic E-state index is 13.9. The van der Waals surface area contributed by atoms with E-state index in [1.165, 1.54) is 4.90 Å². The van der Waals surface area contributed by atoms with Crippen molar-refractivity contribution in [2.75, 3.05) is 0 Å². The Balaban J connectivity index is 1.78. The summed E-state index contributed by atoms with van der Waals surface area (Å²) in [5.41, 5.74) is 6.49. The third-order valence-corrected chi connectivity index (χ3v) is 5.70. The standard InChI is InChI=1S/C30H31F2N3O5/c1-30(2,3)40-29(39)35(25(28(37)38)15-19-7-5-4-6-8-19)18-20-9-12-22(13-10-20)34-27(33)17-26(36)23-14-11-21(31)16-24(23)32/h4-14,16,25H,15,17-18H2,1-3H3,(H2,33,34)(H,37,38)/t25-/m0/s1. The number of benzene rings is 3. The monoisotopic (exact) mass is 551 g/mol. The third-order valence-electron chi connectivity index (χ3n) is 5.70. The second kappa shape index (κ2) is 13.0. The summed E-state index contributed by atoms with van der Waals surface area (Å²) in [6, 6.07) is 16.9. The molecule has 0 spiro atoms. The Morgan fingerprint density at radius 2 is 1.62 bits per heavy atom. The largest absolute Gasteiger partial charge is 0.480 e. The smallest absolute Gasteiger partial charge is 0.411 e. The number of Topliss-reactive ketones (excluding diaryl/α,β-unsaturated/α-hetero) is 1. The van der Waals surface area contributed by atoms with E-state index in [1.807, 2.05) is 6.07 Å². The molecule has 40 heavy (non-hydrogen) atoms. The highest BCUT2D eigenvalue weighted by molar-refractivity contribution is 6.09. The summed E-state index contributed by atoms with van der Waals surface area (Å²) < 4.78 is 32.5. The second-order valence-corrected chi connectivity index (χ2v) is 10.1. The van der Waals surface area contributed by atoms with Gasteiger partial charge in [-0.2, -0.15) is 0 Å². The third kappa shape index (κ3) is 8.72. The predicted octanol–water partition coefficient (Wildman–Crippen LogP) is 5.66. The number of carboxylic acid groups (broad SMARTS) is 1. The zero-order valence-corrected chi connectivity index (χ0v) is 22.4. The molecule has 3 aromatic carbocycles. The van der Waals surface area contributed by atoms with Gasteiger partial charge in [0.05, 0.1) is 17.7 Å². The van der Waals surface area contributed by atoms with Crippen LogP contribution >= 0.6 is 0 Å². The molecule has 210 valence electrons. The first-order valence-electron chi connectivity index (χ1n) is 12.5. The van der Waals surface area contributed by atoms with Crippen LogP contribution in [-0.4, -0.2) is 45.3 Å². The summed E-state index contributed by atoms with van der Waals surface area (Å²) in [4.78, 5) is 43.0. The lowest BCUT2D eigenvalue weighted by Crippen LogP contribution is -2.47. The zero-order valence-electron chi connectivity index (χ0n) is 22.4. The van der Waals surface area contributed by atoms with E-state index in [4.69, 9.17) is 10.5 Å². The molecular weight excluding hydrogens is 520 g/mol. The first kappa shape index (κ1) is 29.9. The number of rotatable bonds is 10. The molecule has 3 aromatic rings. The van der Waals surface area contributed by atoms with E-state index in [-0.39, 0.29) is 30.8 Å². The molecule has 3 rings (SSSR count). The Morgan fingerprint density at radius 1 is 0.975 bits per heavy atom. The summed E-state index contributed by atoms with van der Waals surface area (Å²) in [6.07, 6.45) is -1.07. The van der Waals surface area contributed by atoms with Gasteiger partial charge in [0.15, 0.2) is 5.78 Å². The van der Waals surface area contributed by atoms with Gasteiger partial charge in [0, 0.05) is 19.0 Å². The molecule has 0 aliphatic heterocycles. The van der Waals surface area contributed by atoms with Gasteiger partial charge >= 0.3 is 12.1 Å². The fourth-order valence-corrected chi connectivity index (χ4v) is 3.84. The highest BCUT2D eigenvalue weighted by atomic mass is 19.1. The summed E-state index contributed by atoms with van der Waals surface area (Å²) in [5.74, 6) is -3.68. The van der Waals surface area contributed by atoms with Crippen molar-refractivity contribution in [3.8, 4) is 0 Å². The van der Waals surface area contributed by atoms with E-state index >= 15 is 0 Å². The molecule has 0 bridgehead atoms.